The zero-order valence-corrected chi connectivity index (χ0v) is 21.9. The highest BCUT2D eigenvalue weighted by molar-refractivity contribution is 5.97. The monoisotopic (exact) mass is 517 g/mol. The number of rotatable bonds is 3. The van der Waals surface area contributed by atoms with Crippen molar-refractivity contribution in [1.82, 2.24) is 25.1 Å². The summed E-state index contributed by atoms with van der Waals surface area (Å²) in [6.07, 6.45) is 4.62. The molecule has 4 rings (SSSR count). The first-order valence-corrected chi connectivity index (χ1v) is 13.1. The van der Waals surface area contributed by atoms with Crippen molar-refractivity contribution in [2.75, 3.05) is 26.2 Å². The average molecular weight is 518 g/mol. The fourth-order valence-electron chi connectivity index (χ4n) is 4.48. The molecule has 3 amide bonds. The minimum Gasteiger partial charge on any atom is -0.494 e. The third-order valence-corrected chi connectivity index (χ3v) is 6.30. The number of benzene rings is 2. The van der Waals surface area contributed by atoms with Crippen LogP contribution in [0.15, 0.2) is 67.0 Å². The lowest BCUT2D eigenvalue weighted by Gasteiger charge is -2.25. The maximum Gasteiger partial charge on any atom is 0.254 e. The molecular weight excluding hydrogens is 482 g/mol. The Hall–Kier alpha value is -4.14. The Morgan fingerprint density at radius 2 is 1.92 bits per heavy atom. The van der Waals surface area contributed by atoms with Crippen molar-refractivity contribution in [2.24, 2.45) is 5.92 Å². The first-order chi connectivity index (χ1) is 18.4. The summed E-state index contributed by atoms with van der Waals surface area (Å²) in [6.45, 7) is 5.45. The highest BCUT2D eigenvalue weighted by Gasteiger charge is 2.25. The van der Waals surface area contributed by atoms with Crippen LogP contribution in [0.1, 0.15) is 37.0 Å². The van der Waals surface area contributed by atoms with Gasteiger partial charge in [0.2, 0.25) is 11.8 Å². The molecule has 0 spiro atoms. The Balaban J connectivity index is 1.58. The van der Waals surface area contributed by atoms with Crippen molar-refractivity contribution in [1.29, 1.82) is 0 Å². The molecule has 1 atom stereocenters. The first kappa shape index (κ1) is 26.9. The van der Waals surface area contributed by atoms with Crippen molar-refractivity contribution in [3.63, 3.8) is 0 Å². The normalized spacial score (nSPS) is 17.4. The summed E-state index contributed by atoms with van der Waals surface area (Å²) in [4.78, 5) is 45.4. The minimum atomic E-state index is -0.697. The van der Waals surface area contributed by atoms with Crippen LogP contribution in [0.5, 0.6) is 5.75 Å². The van der Waals surface area contributed by atoms with Gasteiger partial charge in [-0.2, -0.15) is 0 Å². The lowest BCUT2D eigenvalue weighted by Crippen LogP contribution is -2.51. The Labute approximate surface area is 223 Å². The Bertz CT molecular complexity index is 1240. The number of fused-ring (bicyclic) bond motifs is 4. The zero-order valence-electron chi connectivity index (χ0n) is 21.9. The van der Waals surface area contributed by atoms with Crippen LogP contribution in [0.2, 0.25) is 0 Å². The topological polar surface area (TPSA) is 106 Å². The van der Waals surface area contributed by atoms with Gasteiger partial charge in [0, 0.05) is 43.2 Å². The number of hydrogen-bond acceptors (Lipinski definition) is 5. The van der Waals surface area contributed by atoms with Crippen LogP contribution in [0.25, 0.3) is 11.4 Å². The van der Waals surface area contributed by atoms with Crippen LogP contribution in [-0.4, -0.2) is 64.5 Å². The van der Waals surface area contributed by atoms with E-state index in [1.807, 2.05) is 54.9 Å². The van der Waals surface area contributed by atoms with E-state index in [9.17, 15) is 14.4 Å². The molecule has 9 heteroatoms. The SMILES string of the molecule is CC(C)C[C@H]1NC(=O)CN(C(=O)c2ccccc2)CCCOc2cccc(c2)-c2nccn2CCNC1=O. The quantitative estimate of drug-likeness (QED) is 0.555. The number of nitrogens with one attached hydrogen (secondary N) is 2. The molecule has 2 heterocycles. The van der Waals surface area contributed by atoms with E-state index in [-0.39, 0.29) is 30.2 Å². The van der Waals surface area contributed by atoms with Gasteiger partial charge in [-0.25, -0.2) is 4.98 Å². The van der Waals surface area contributed by atoms with Gasteiger partial charge < -0.3 is 24.8 Å². The van der Waals surface area contributed by atoms with E-state index in [0.717, 1.165) is 11.4 Å². The average Bonchev–Trinajstić information content (AvgIpc) is 3.38. The number of amides is 3. The van der Waals surface area contributed by atoms with Crippen molar-refractivity contribution in [2.45, 2.75) is 39.3 Å². The largest absolute Gasteiger partial charge is 0.494 e. The van der Waals surface area contributed by atoms with Crippen LogP contribution >= 0.6 is 0 Å². The van der Waals surface area contributed by atoms with E-state index in [1.165, 1.54) is 4.90 Å². The second-order valence-corrected chi connectivity index (χ2v) is 9.81. The predicted molar refractivity (Wildman–Crippen MR) is 145 cm³/mol. The maximum absolute atomic E-state index is 13.2. The summed E-state index contributed by atoms with van der Waals surface area (Å²) in [5.74, 6) is 0.802. The molecule has 200 valence electrons. The van der Waals surface area contributed by atoms with Gasteiger partial charge in [-0.3, -0.25) is 14.4 Å². The molecule has 2 aromatic carbocycles. The lowest BCUT2D eigenvalue weighted by molar-refractivity contribution is -0.129. The standard InChI is InChI=1S/C29H35N5O4/c1-21(2)18-25-28(36)31-13-16-33-15-12-30-27(33)23-10-6-11-24(19-23)38-17-7-14-34(20-26(35)32-25)29(37)22-8-4-3-5-9-22/h3-6,8-12,15,19,21,25H,7,13-14,16-18,20H2,1-2H3,(H,31,36)(H,32,35)/t25-/m1/s1. The predicted octanol–water partition coefficient (Wildman–Crippen LogP) is 3.12. The fourth-order valence-corrected chi connectivity index (χ4v) is 4.48. The highest BCUT2D eigenvalue weighted by Crippen LogP contribution is 2.23. The lowest BCUT2D eigenvalue weighted by atomic mass is 10.0. The van der Waals surface area contributed by atoms with Crippen molar-refractivity contribution >= 4 is 17.7 Å². The Morgan fingerprint density at radius 1 is 1.11 bits per heavy atom. The Kier molecular flexibility index (Phi) is 9.13. The van der Waals surface area contributed by atoms with Gasteiger partial charge in [-0.1, -0.05) is 44.2 Å². The fraction of sp³-hybridized carbons (Fsp3) is 0.379. The third kappa shape index (κ3) is 7.21. The summed E-state index contributed by atoms with van der Waals surface area (Å²) in [6, 6.07) is 15.9. The molecule has 1 aromatic heterocycles. The molecule has 9 nitrogen and oxygen atoms in total. The number of imidazole rings is 1. The molecule has 1 aliphatic rings. The molecule has 0 aliphatic carbocycles. The number of carbonyl (C=O) groups is 3. The van der Waals surface area contributed by atoms with Crippen LogP contribution in [0.3, 0.4) is 0 Å². The van der Waals surface area contributed by atoms with Gasteiger partial charge in [-0.15, -0.1) is 0 Å². The van der Waals surface area contributed by atoms with Gasteiger partial charge in [-0.05, 0) is 43.0 Å². The number of carbonyl (C=O) groups excluding carboxylic acids is 3. The van der Waals surface area contributed by atoms with E-state index in [0.29, 0.717) is 50.4 Å². The second-order valence-electron chi connectivity index (χ2n) is 9.81. The van der Waals surface area contributed by atoms with Gasteiger partial charge >= 0.3 is 0 Å². The smallest absolute Gasteiger partial charge is 0.254 e. The van der Waals surface area contributed by atoms with Gasteiger partial charge in [0.05, 0.1) is 13.2 Å². The number of aromatic nitrogens is 2. The molecule has 3 aromatic rings. The highest BCUT2D eigenvalue weighted by atomic mass is 16.5. The van der Waals surface area contributed by atoms with Gasteiger partial charge in [0.25, 0.3) is 5.91 Å². The molecular formula is C29H35N5O4. The first-order valence-electron chi connectivity index (χ1n) is 13.1. The van der Waals surface area contributed by atoms with Crippen LogP contribution < -0.4 is 15.4 Å². The molecule has 2 bridgehead atoms. The van der Waals surface area contributed by atoms with Gasteiger partial charge in [0.1, 0.15) is 17.6 Å². The van der Waals surface area contributed by atoms with E-state index >= 15 is 0 Å². The number of nitrogens with zero attached hydrogens (tertiary/aromatic N) is 3. The number of ether oxygens (including phenoxy) is 1. The van der Waals surface area contributed by atoms with Crippen LogP contribution in [0.4, 0.5) is 0 Å². The third-order valence-electron chi connectivity index (χ3n) is 6.30. The molecule has 0 radical (unpaired) electrons. The molecule has 0 saturated carbocycles. The molecule has 0 unspecified atom stereocenters. The minimum absolute atomic E-state index is 0.149. The van der Waals surface area contributed by atoms with E-state index in [4.69, 9.17) is 4.74 Å². The van der Waals surface area contributed by atoms with Crippen molar-refractivity contribution in [3.05, 3.63) is 72.6 Å². The molecule has 38 heavy (non-hydrogen) atoms. The summed E-state index contributed by atoms with van der Waals surface area (Å²) in [5, 5.41) is 5.82. The summed E-state index contributed by atoms with van der Waals surface area (Å²) < 4.78 is 7.96. The second kappa shape index (κ2) is 12.9. The summed E-state index contributed by atoms with van der Waals surface area (Å²) in [5.41, 5.74) is 1.41. The molecule has 0 saturated heterocycles. The summed E-state index contributed by atoms with van der Waals surface area (Å²) >= 11 is 0. The molecule has 2 N–H and O–H groups in total. The van der Waals surface area contributed by atoms with E-state index in [2.05, 4.69) is 15.6 Å². The van der Waals surface area contributed by atoms with E-state index < -0.39 is 6.04 Å². The van der Waals surface area contributed by atoms with Gasteiger partial charge in [0.15, 0.2) is 0 Å². The molecule has 0 fully saturated rings. The zero-order chi connectivity index (χ0) is 26.9. The van der Waals surface area contributed by atoms with Crippen LogP contribution in [-0.2, 0) is 16.1 Å². The Morgan fingerprint density at radius 3 is 2.71 bits per heavy atom. The van der Waals surface area contributed by atoms with Crippen LogP contribution in [0, 0.1) is 5.92 Å². The van der Waals surface area contributed by atoms with E-state index in [1.54, 1.807) is 30.5 Å². The summed E-state index contributed by atoms with van der Waals surface area (Å²) in [7, 11) is 0. The van der Waals surface area contributed by atoms with Crippen molar-refractivity contribution < 1.29 is 19.1 Å². The van der Waals surface area contributed by atoms with Crippen molar-refractivity contribution in [3.8, 4) is 17.1 Å². The number of hydrogen-bond donors (Lipinski definition) is 2. The molecule has 1 aliphatic heterocycles. The maximum atomic E-state index is 13.2.